The summed E-state index contributed by atoms with van der Waals surface area (Å²) in [4.78, 5) is 35.2. The van der Waals surface area contributed by atoms with Crippen LogP contribution in [0.2, 0.25) is 0 Å². The van der Waals surface area contributed by atoms with Crippen molar-refractivity contribution in [2.45, 2.75) is 6.10 Å². The molecule has 3 N–H and O–H groups in total. The van der Waals surface area contributed by atoms with E-state index in [1.54, 1.807) is 47.4 Å². The van der Waals surface area contributed by atoms with Gasteiger partial charge in [0.05, 0.1) is 18.8 Å². The van der Waals surface area contributed by atoms with E-state index in [0.717, 1.165) is 0 Å². The monoisotopic (exact) mass is 447 g/mol. The molecular formula is C19H19FN5O5P. The summed E-state index contributed by atoms with van der Waals surface area (Å²) in [5.41, 5.74) is 1.23. The van der Waals surface area contributed by atoms with E-state index in [-0.39, 0.29) is 13.2 Å². The lowest BCUT2D eigenvalue weighted by Crippen LogP contribution is -2.25. The van der Waals surface area contributed by atoms with Crippen LogP contribution < -0.4 is 10.2 Å². The van der Waals surface area contributed by atoms with Gasteiger partial charge in [-0.15, -0.1) is 0 Å². The van der Waals surface area contributed by atoms with Crippen molar-refractivity contribution in [1.29, 1.82) is 0 Å². The quantitative estimate of drug-likeness (QED) is 0.473. The van der Waals surface area contributed by atoms with Crippen molar-refractivity contribution in [3.8, 4) is 11.1 Å². The van der Waals surface area contributed by atoms with Crippen molar-refractivity contribution >= 4 is 32.0 Å². The number of aryl methyl sites for hydroxylation is 1. The molecule has 0 bridgehead atoms. The fraction of sp³-hybridized carbons (Fsp3) is 0.211. The van der Waals surface area contributed by atoms with E-state index >= 15 is 0 Å². The summed E-state index contributed by atoms with van der Waals surface area (Å²) in [6.07, 6.45) is 2.01. The van der Waals surface area contributed by atoms with E-state index in [1.807, 2.05) is 7.05 Å². The van der Waals surface area contributed by atoms with Gasteiger partial charge < -0.3 is 24.4 Å². The maximum absolute atomic E-state index is 14.8. The summed E-state index contributed by atoms with van der Waals surface area (Å²) >= 11 is 0. The second-order valence-electron chi connectivity index (χ2n) is 6.76. The topological polar surface area (TPSA) is 122 Å². The number of hydrogen-bond donors (Lipinski definition) is 3. The second-order valence-corrected chi connectivity index (χ2v) is 7.52. The van der Waals surface area contributed by atoms with E-state index in [0.29, 0.717) is 28.5 Å². The molecule has 31 heavy (non-hydrogen) atoms. The van der Waals surface area contributed by atoms with Gasteiger partial charge in [-0.3, -0.25) is 9.58 Å². The Morgan fingerprint density at radius 2 is 2.13 bits per heavy atom. The molecule has 4 rings (SSSR count). The van der Waals surface area contributed by atoms with E-state index < -0.39 is 26.6 Å². The number of amides is 1. The van der Waals surface area contributed by atoms with Crippen molar-refractivity contribution in [1.82, 2.24) is 14.8 Å². The summed E-state index contributed by atoms with van der Waals surface area (Å²) in [6.45, 7) is -0.0533. The van der Waals surface area contributed by atoms with Crippen LogP contribution in [-0.2, 0) is 16.3 Å². The predicted octanol–water partition coefficient (Wildman–Crippen LogP) is 2.92. The molecule has 0 spiro atoms. The first-order valence-electron chi connectivity index (χ1n) is 9.20. The zero-order valence-corrected chi connectivity index (χ0v) is 17.2. The molecule has 3 heterocycles. The predicted molar refractivity (Wildman–Crippen MR) is 111 cm³/mol. The number of nitrogens with zero attached hydrogens (tertiary/aromatic N) is 4. The number of rotatable bonds is 7. The molecule has 1 saturated heterocycles. The molecule has 2 aromatic heterocycles. The lowest BCUT2D eigenvalue weighted by molar-refractivity contribution is 0.0987. The summed E-state index contributed by atoms with van der Waals surface area (Å²) in [6, 6.07) is 9.66. The zero-order valence-electron chi connectivity index (χ0n) is 16.3. The number of halogens is 1. The molecule has 0 aliphatic carbocycles. The van der Waals surface area contributed by atoms with Gasteiger partial charge in [-0.05, 0) is 30.3 Å². The standard InChI is InChI=1S/C19H19FN5O5P/c1-24-7-6-18(23-24)22-17-5-2-12(9-21-17)15-4-3-13(8-16(15)20)25-10-14(30-19(25)26)11-29-31(27)28/h2-9,14,27-28H,10-11H2,1H3,(H,21,22,23). The van der Waals surface area contributed by atoms with E-state index in [2.05, 4.69) is 19.9 Å². The lowest BCUT2D eigenvalue weighted by Gasteiger charge is -2.14. The number of nitrogens with one attached hydrogen (secondary N) is 1. The molecule has 12 heteroatoms. The fourth-order valence-electron chi connectivity index (χ4n) is 3.12. The second kappa shape index (κ2) is 8.94. The minimum atomic E-state index is -2.54. The minimum Gasteiger partial charge on any atom is -0.441 e. The van der Waals surface area contributed by atoms with Gasteiger partial charge in [-0.2, -0.15) is 5.10 Å². The van der Waals surface area contributed by atoms with Crippen LogP contribution in [0.15, 0.2) is 48.8 Å². The molecule has 3 aromatic rings. The number of aromatic nitrogens is 3. The number of cyclic esters (lactones) is 1. The molecule has 0 radical (unpaired) electrons. The maximum atomic E-state index is 14.8. The Kier molecular flexibility index (Phi) is 6.10. The van der Waals surface area contributed by atoms with Gasteiger partial charge in [0.25, 0.3) is 0 Å². The van der Waals surface area contributed by atoms with Crippen LogP contribution in [0.3, 0.4) is 0 Å². The SMILES string of the molecule is Cn1ccc(Nc2ccc(-c3ccc(N4CC(COP(O)O)OC4=O)cc3F)cn2)n1. The van der Waals surface area contributed by atoms with Gasteiger partial charge in [0, 0.05) is 36.6 Å². The number of carbonyl (C=O) groups excluding carboxylic acids is 1. The Morgan fingerprint density at radius 3 is 2.77 bits per heavy atom. The molecule has 0 saturated carbocycles. The van der Waals surface area contributed by atoms with Gasteiger partial charge >= 0.3 is 14.7 Å². The maximum Gasteiger partial charge on any atom is 0.414 e. The van der Waals surface area contributed by atoms with Gasteiger partial charge in [0.2, 0.25) is 0 Å². The Balaban J connectivity index is 1.45. The highest BCUT2D eigenvalue weighted by Crippen LogP contribution is 2.31. The third-order valence-electron chi connectivity index (χ3n) is 4.56. The summed E-state index contributed by atoms with van der Waals surface area (Å²) in [5, 5.41) is 7.27. The van der Waals surface area contributed by atoms with Crippen LogP contribution in [0.5, 0.6) is 0 Å². The highest BCUT2D eigenvalue weighted by molar-refractivity contribution is 7.39. The first-order chi connectivity index (χ1) is 14.9. The van der Waals surface area contributed by atoms with Gasteiger partial charge in [0.15, 0.2) is 5.82 Å². The summed E-state index contributed by atoms with van der Waals surface area (Å²) in [7, 11) is -0.726. The molecule has 1 amide bonds. The smallest absolute Gasteiger partial charge is 0.414 e. The first kappa shape index (κ1) is 21.1. The van der Waals surface area contributed by atoms with Gasteiger partial charge in [-0.25, -0.2) is 14.2 Å². The van der Waals surface area contributed by atoms with E-state index in [4.69, 9.17) is 14.5 Å². The zero-order chi connectivity index (χ0) is 22.0. The Hall–Kier alpha value is -3.11. The third-order valence-corrected chi connectivity index (χ3v) is 4.94. The van der Waals surface area contributed by atoms with E-state index in [1.165, 1.54) is 11.0 Å². The normalized spacial score (nSPS) is 16.1. The highest BCUT2D eigenvalue weighted by Gasteiger charge is 2.33. The van der Waals surface area contributed by atoms with Gasteiger partial charge in [-0.1, -0.05) is 0 Å². The van der Waals surface area contributed by atoms with Gasteiger partial charge in [0.1, 0.15) is 17.7 Å². The highest BCUT2D eigenvalue weighted by atomic mass is 31.2. The van der Waals surface area contributed by atoms with Crippen LogP contribution in [0.25, 0.3) is 11.1 Å². The van der Waals surface area contributed by atoms with Crippen molar-refractivity contribution in [2.75, 3.05) is 23.4 Å². The number of anilines is 3. The molecule has 162 valence electrons. The number of hydrogen-bond acceptors (Lipinski definition) is 8. The van der Waals surface area contributed by atoms with Crippen LogP contribution in [-0.4, -0.2) is 49.9 Å². The number of ether oxygens (including phenoxy) is 1. The summed E-state index contributed by atoms with van der Waals surface area (Å²) < 4.78 is 26.2. The van der Waals surface area contributed by atoms with Crippen molar-refractivity contribution in [3.05, 3.63) is 54.6 Å². The van der Waals surface area contributed by atoms with Crippen LogP contribution >= 0.6 is 8.60 Å². The Morgan fingerprint density at radius 1 is 1.29 bits per heavy atom. The van der Waals surface area contributed by atoms with Crippen LogP contribution in [0.4, 0.5) is 26.5 Å². The molecule has 1 atom stereocenters. The third kappa shape index (κ3) is 4.97. The average molecular weight is 447 g/mol. The van der Waals surface area contributed by atoms with Crippen LogP contribution in [0.1, 0.15) is 0 Å². The van der Waals surface area contributed by atoms with E-state index in [9.17, 15) is 9.18 Å². The Labute approximate surface area is 177 Å². The largest absolute Gasteiger partial charge is 0.441 e. The fourth-order valence-corrected chi connectivity index (χ4v) is 3.41. The van der Waals surface area contributed by atoms with Crippen LogP contribution in [0, 0.1) is 5.82 Å². The number of benzene rings is 1. The average Bonchev–Trinajstić information content (AvgIpc) is 3.32. The molecular weight excluding hydrogens is 428 g/mol. The molecule has 10 nitrogen and oxygen atoms in total. The Bertz CT molecular complexity index is 1080. The molecule has 1 aliphatic rings. The minimum absolute atomic E-state index is 0.107. The van der Waals surface area contributed by atoms with Crippen molar-refractivity contribution < 1.29 is 28.2 Å². The number of carbonyl (C=O) groups is 1. The lowest BCUT2D eigenvalue weighted by atomic mass is 10.1. The van der Waals surface area contributed by atoms with Crippen molar-refractivity contribution in [2.24, 2.45) is 7.05 Å². The van der Waals surface area contributed by atoms with Crippen molar-refractivity contribution in [3.63, 3.8) is 0 Å². The first-order valence-corrected chi connectivity index (χ1v) is 10.4. The molecule has 1 unspecified atom stereocenters. The molecule has 1 aromatic carbocycles. The molecule has 1 fully saturated rings. The number of pyridine rings is 1. The molecule has 1 aliphatic heterocycles. The summed E-state index contributed by atoms with van der Waals surface area (Å²) in [5.74, 6) is 0.697.